The van der Waals surface area contributed by atoms with E-state index >= 15 is 0 Å². The van der Waals surface area contributed by atoms with Gasteiger partial charge in [-0.05, 0) is 32.0 Å². The molecule has 1 aliphatic heterocycles. The molecule has 2 aromatic rings. The molecular formula is C15H22FN4O2P. The molecule has 0 saturated carbocycles. The first-order valence-electron chi connectivity index (χ1n) is 7.50. The van der Waals surface area contributed by atoms with Gasteiger partial charge in [-0.1, -0.05) is 0 Å². The van der Waals surface area contributed by atoms with Crippen LogP contribution in [0.5, 0.6) is 0 Å². The molecule has 8 heteroatoms. The number of aliphatic hydroxyl groups excluding tert-OH is 1. The molecule has 2 unspecified atom stereocenters. The molecule has 0 amide bonds. The number of hydrogen-bond acceptors (Lipinski definition) is 5. The number of imidazole rings is 1. The summed E-state index contributed by atoms with van der Waals surface area (Å²) in [5, 5.41) is 10.2. The summed E-state index contributed by atoms with van der Waals surface area (Å²) in [5.41, 5.74) is 7.28. The number of aromatic nitrogens is 3. The van der Waals surface area contributed by atoms with E-state index < -0.39 is 31.5 Å². The zero-order valence-electron chi connectivity index (χ0n) is 13.3. The highest BCUT2D eigenvalue weighted by Gasteiger charge is 2.45. The second-order valence-electron chi connectivity index (χ2n) is 6.67. The zero-order chi connectivity index (χ0) is 16.8. The number of anilines is 1. The van der Waals surface area contributed by atoms with Crippen LogP contribution in [0.15, 0.2) is 18.6 Å². The molecule has 3 rings (SSSR count). The van der Waals surface area contributed by atoms with Crippen LogP contribution in [0.1, 0.15) is 12.6 Å². The molecule has 126 valence electrons. The molecule has 1 fully saturated rings. The summed E-state index contributed by atoms with van der Waals surface area (Å²) >= 11 is 0. The van der Waals surface area contributed by atoms with Gasteiger partial charge < -0.3 is 15.6 Å². The molecule has 3 N–H and O–H groups in total. The van der Waals surface area contributed by atoms with Gasteiger partial charge in [-0.15, -0.1) is 13.2 Å². The number of hydrogen-bond donors (Lipinski definition) is 2. The van der Waals surface area contributed by atoms with Gasteiger partial charge in [0.25, 0.3) is 0 Å². The second kappa shape index (κ2) is 5.89. The minimum atomic E-state index is -1.54. The largest absolute Gasteiger partial charge is 0.397 e. The Morgan fingerprint density at radius 3 is 2.91 bits per heavy atom. The molecule has 0 spiro atoms. The Morgan fingerprint density at radius 1 is 1.48 bits per heavy atom. The van der Waals surface area contributed by atoms with Crippen molar-refractivity contribution in [2.24, 2.45) is 0 Å². The third kappa shape index (κ3) is 3.13. The lowest BCUT2D eigenvalue weighted by molar-refractivity contribution is -0.0233. The van der Waals surface area contributed by atoms with Gasteiger partial charge in [0.2, 0.25) is 0 Å². The summed E-state index contributed by atoms with van der Waals surface area (Å²) in [4.78, 5) is 8.38. The number of pyridine rings is 1. The van der Waals surface area contributed by atoms with Crippen molar-refractivity contribution >= 4 is 30.0 Å². The van der Waals surface area contributed by atoms with Crippen molar-refractivity contribution in [1.82, 2.24) is 14.5 Å². The molecule has 0 radical (unpaired) electrons. The highest BCUT2D eigenvalue weighted by molar-refractivity contribution is 7.72. The zero-order valence-corrected chi connectivity index (χ0v) is 14.2. The molecular weight excluding hydrogens is 318 g/mol. The topological polar surface area (TPSA) is 86.2 Å². The number of nitrogen functional groups attached to an aromatic ring is 1. The van der Waals surface area contributed by atoms with Crippen molar-refractivity contribution in [3.05, 3.63) is 18.6 Å². The predicted octanol–water partition coefficient (Wildman–Crippen LogP) is 1.71. The van der Waals surface area contributed by atoms with Crippen molar-refractivity contribution in [3.63, 3.8) is 0 Å². The van der Waals surface area contributed by atoms with Crippen LogP contribution in [-0.2, 0) is 4.74 Å². The monoisotopic (exact) mass is 340 g/mol. The normalized spacial score (nSPS) is 28.5. The van der Waals surface area contributed by atoms with Crippen LogP contribution >= 0.6 is 6.89 Å². The molecule has 3 heterocycles. The number of aliphatic hydroxyl groups is 1. The van der Waals surface area contributed by atoms with Gasteiger partial charge in [0.05, 0.1) is 18.1 Å². The first-order valence-corrected chi connectivity index (χ1v) is 10.6. The van der Waals surface area contributed by atoms with E-state index in [1.54, 1.807) is 12.3 Å². The molecule has 1 saturated heterocycles. The SMILES string of the molecule is C=P(C)(C)CCC1OC(n2cnc3c(N)ccnc32)[C@H](F)[C@@H]1O. The number of rotatable bonds is 4. The van der Waals surface area contributed by atoms with Crippen LogP contribution in [0.25, 0.3) is 11.2 Å². The summed E-state index contributed by atoms with van der Waals surface area (Å²) < 4.78 is 21.8. The summed E-state index contributed by atoms with van der Waals surface area (Å²) in [6.45, 7) is 2.96. The fourth-order valence-electron chi connectivity index (χ4n) is 2.78. The summed E-state index contributed by atoms with van der Waals surface area (Å²) in [7, 11) is 0. The Bertz CT molecular complexity index is 759. The first kappa shape index (κ1) is 16.4. The van der Waals surface area contributed by atoms with Crippen LogP contribution in [0.2, 0.25) is 0 Å². The average Bonchev–Trinajstić information content (AvgIpc) is 3.01. The molecule has 1 aliphatic rings. The first-order chi connectivity index (χ1) is 10.8. The molecule has 6 nitrogen and oxygen atoms in total. The molecule has 0 aromatic carbocycles. The quantitative estimate of drug-likeness (QED) is 0.828. The van der Waals surface area contributed by atoms with E-state index in [1.807, 2.05) is 0 Å². The Morgan fingerprint density at radius 2 is 2.22 bits per heavy atom. The van der Waals surface area contributed by atoms with Gasteiger partial charge in [0.15, 0.2) is 18.0 Å². The van der Waals surface area contributed by atoms with E-state index in [9.17, 15) is 9.50 Å². The number of alkyl halides is 1. The maximum Gasteiger partial charge on any atom is 0.173 e. The summed E-state index contributed by atoms with van der Waals surface area (Å²) in [5.74, 6) is 0. The lowest BCUT2D eigenvalue weighted by Gasteiger charge is -2.18. The highest BCUT2D eigenvalue weighted by Crippen LogP contribution is 2.40. The van der Waals surface area contributed by atoms with E-state index in [0.717, 1.165) is 6.16 Å². The number of fused-ring (bicyclic) bond motifs is 1. The third-order valence-corrected chi connectivity index (χ3v) is 5.55. The molecule has 23 heavy (non-hydrogen) atoms. The Kier molecular flexibility index (Phi) is 4.21. The molecule has 0 bridgehead atoms. The molecule has 4 atom stereocenters. The van der Waals surface area contributed by atoms with Gasteiger partial charge in [-0.2, -0.15) is 0 Å². The number of nitrogens with zero attached hydrogens (tertiary/aromatic N) is 3. The standard InChI is InChI=1S/C15H22FN4O2P/c1-23(2,3)7-5-10-13(21)11(16)15(22-10)20-8-19-12-9(17)4-6-18-14(12)20/h4,6,8,10-11,13,15,21H,1,5,7H2,2-3H3,(H2,17,18)/t10?,11-,13-,15?/m1/s1. The molecule has 0 aliphatic carbocycles. The number of ether oxygens (including phenoxy) is 1. The van der Waals surface area contributed by atoms with Crippen LogP contribution < -0.4 is 5.73 Å². The third-order valence-electron chi connectivity index (χ3n) is 4.08. The summed E-state index contributed by atoms with van der Waals surface area (Å²) in [6, 6.07) is 1.64. The van der Waals surface area contributed by atoms with E-state index in [0.29, 0.717) is 23.3 Å². The fourth-order valence-corrected chi connectivity index (χ4v) is 3.74. The van der Waals surface area contributed by atoms with Crippen LogP contribution in [0, 0.1) is 0 Å². The minimum Gasteiger partial charge on any atom is -0.397 e. The van der Waals surface area contributed by atoms with Crippen molar-refractivity contribution in [1.29, 1.82) is 0 Å². The van der Waals surface area contributed by atoms with Gasteiger partial charge in [-0.25, -0.2) is 14.4 Å². The predicted molar refractivity (Wildman–Crippen MR) is 92.1 cm³/mol. The van der Waals surface area contributed by atoms with Gasteiger partial charge >= 0.3 is 0 Å². The van der Waals surface area contributed by atoms with E-state index in [4.69, 9.17) is 10.5 Å². The Labute approximate surface area is 134 Å². The van der Waals surface area contributed by atoms with Gasteiger partial charge in [-0.3, -0.25) is 4.57 Å². The number of halogens is 1. The lowest BCUT2D eigenvalue weighted by atomic mass is 10.1. The van der Waals surface area contributed by atoms with Crippen LogP contribution in [-0.4, -0.2) is 63.8 Å². The Hall–Kier alpha value is -1.43. The van der Waals surface area contributed by atoms with E-state index in [2.05, 4.69) is 29.6 Å². The van der Waals surface area contributed by atoms with Crippen molar-refractivity contribution < 1.29 is 14.2 Å². The van der Waals surface area contributed by atoms with Crippen molar-refractivity contribution in [3.8, 4) is 0 Å². The Balaban J connectivity index is 1.85. The van der Waals surface area contributed by atoms with E-state index in [-0.39, 0.29) is 0 Å². The second-order valence-corrected chi connectivity index (χ2v) is 11.0. The number of nitrogens with two attached hydrogens (primary N) is 1. The van der Waals surface area contributed by atoms with Gasteiger partial charge in [0.1, 0.15) is 11.6 Å². The maximum atomic E-state index is 14.6. The van der Waals surface area contributed by atoms with Crippen LogP contribution in [0.4, 0.5) is 10.1 Å². The maximum absolute atomic E-state index is 14.6. The minimum absolute atomic E-state index is 0.454. The average molecular weight is 340 g/mol. The molecule has 2 aromatic heterocycles. The van der Waals surface area contributed by atoms with Crippen molar-refractivity contribution in [2.45, 2.75) is 31.0 Å². The highest BCUT2D eigenvalue weighted by atomic mass is 31.2. The summed E-state index contributed by atoms with van der Waals surface area (Å²) in [6.07, 6.45) is 4.37. The van der Waals surface area contributed by atoms with Crippen LogP contribution in [0.3, 0.4) is 0 Å². The lowest BCUT2D eigenvalue weighted by Crippen LogP contribution is -2.29. The smallest absolute Gasteiger partial charge is 0.173 e. The van der Waals surface area contributed by atoms with Gasteiger partial charge in [0, 0.05) is 6.20 Å². The van der Waals surface area contributed by atoms with E-state index in [1.165, 1.54) is 10.9 Å². The fraction of sp³-hybridized carbons (Fsp3) is 0.533. The van der Waals surface area contributed by atoms with Crippen molar-refractivity contribution in [2.75, 3.05) is 25.2 Å².